The van der Waals surface area contributed by atoms with Crippen molar-refractivity contribution in [2.75, 3.05) is 17.2 Å². The third-order valence-corrected chi connectivity index (χ3v) is 2.59. The van der Waals surface area contributed by atoms with Crippen molar-refractivity contribution in [3.05, 3.63) is 23.8 Å². The molecule has 1 aromatic rings. The molecular formula is C11H12N4O2. The highest BCUT2D eigenvalue weighted by Crippen LogP contribution is 2.22. The van der Waals surface area contributed by atoms with Crippen LogP contribution < -0.4 is 16.0 Å². The highest BCUT2D eigenvalue weighted by atomic mass is 16.2. The first-order valence-corrected chi connectivity index (χ1v) is 5.13. The van der Waals surface area contributed by atoms with Crippen LogP contribution in [0.3, 0.4) is 0 Å². The van der Waals surface area contributed by atoms with Crippen molar-refractivity contribution in [2.45, 2.75) is 6.42 Å². The molecule has 88 valence electrons. The van der Waals surface area contributed by atoms with E-state index >= 15 is 0 Å². The summed E-state index contributed by atoms with van der Waals surface area (Å²) >= 11 is 0. The van der Waals surface area contributed by atoms with E-state index in [9.17, 15) is 9.59 Å². The van der Waals surface area contributed by atoms with Gasteiger partial charge in [0.25, 0.3) is 0 Å². The maximum absolute atomic E-state index is 11.6. The number of nitrogen functional groups attached to an aromatic ring is 1. The molecule has 0 radical (unpaired) electrons. The fourth-order valence-corrected chi connectivity index (χ4v) is 1.67. The summed E-state index contributed by atoms with van der Waals surface area (Å²) < 4.78 is 0. The van der Waals surface area contributed by atoms with E-state index in [4.69, 9.17) is 11.1 Å². The van der Waals surface area contributed by atoms with Crippen LogP contribution in [0, 0.1) is 5.41 Å². The highest BCUT2D eigenvalue weighted by Gasteiger charge is 2.24. The predicted octanol–water partition coefficient (Wildman–Crippen LogP) is 0.713. The van der Waals surface area contributed by atoms with Crippen molar-refractivity contribution < 1.29 is 9.59 Å². The third kappa shape index (κ3) is 2.10. The Morgan fingerprint density at radius 3 is 2.76 bits per heavy atom. The fourth-order valence-electron chi connectivity index (χ4n) is 1.67. The van der Waals surface area contributed by atoms with Crippen molar-refractivity contribution in [3.63, 3.8) is 0 Å². The smallest absolute Gasteiger partial charge is 0.328 e. The van der Waals surface area contributed by atoms with Gasteiger partial charge in [-0.25, -0.2) is 4.79 Å². The molecule has 3 amide bonds. The molecule has 0 aliphatic carbocycles. The first-order chi connectivity index (χ1) is 8.11. The second-order valence-electron chi connectivity index (χ2n) is 3.71. The van der Waals surface area contributed by atoms with Crippen molar-refractivity contribution >= 4 is 29.5 Å². The van der Waals surface area contributed by atoms with Crippen LogP contribution in [0.25, 0.3) is 0 Å². The Labute approximate surface area is 97.9 Å². The van der Waals surface area contributed by atoms with E-state index in [1.807, 2.05) is 0 Å². The molecule has 2 rings (SSSR count). The van der Waals surface area contributed by atoms with E-state index in [-0.39, 0.29) is 12.3 Å². The van der Waals surface area contributed by atoms with Gasteiger partial charge in [-0.05, 0) is 18.2 Å². The van der Waals surface area contributed by atoms with Gasteiger partial charge in [-0.2, -0.15) is 0 Å². The molecule has 0 unspecified atom stereocenters. The lowest BCUT2D eigenvalue weighted by atomic mass is 10.1. The van der Waals surface area contributed by atoms with Gasteiger partial charge in [-0.15, -0.1) is 0 Å². The summed E-state index contributed by atoms with van der Waals surface area (Å²) in [4.78, 5) is 24.0. The number of imide groups is 1. The van der Waals surface area contributed by atoms with E-state index in [2.05, 4.69) is 5.32 Å². The first-order valence-electron chi connectivity index (χ1n) is 5.13. The number of carbonyl (C=O) groups is 2. The van der Waals surface area contributed by atoms with Crippen LogP contribution in [-0.4, -0.2) is 24.7 Å². The van der Waals surface area contributed by atoms with Gasteiger partial charge in [0.1, 0.15) is 0 Å². The lowest BCUT2D eigenvalue weighted by Gasteiger charge is -2.26. The summed E-state index contributed by atoms with van der Waals surface area (Å²) in [5, 5.41) is 9.36. The molecule has 1 aromatic carbocycles. The monoisotopic (exact) mass is 232 g/mol. The van der Waals surface area contributed by atoms with Crippen molar-refractivity contribution in [1.82, 2.24) is 5.32 Å². The minimum Gasteiger partial charge on any atom is -0.398 e. The Morgan fingerprint density at radius 2 is 2.18 bits per heavy atom. The van der Waals surface area contributed by atoms with Crippen LogP contribution in [0.5, 0.6) is 0 Å². The highest BCUT2D eigenvalue weighted by molar-refractivity contribution is 6.06. The van der Waals surface area contributed by atoms with Gasteiger partial charge in [0.05, 0.1) is 0 Å². The standard InChI is InChI=1S/C11H12N4O2/c12-6-7-1-2-8(5-9(7)13)15-4-3-10(16)14-11(15)17/h1-2,5-6,12H,3-4,13H2,(H,14,16,17). The predicted molar refractivity (Wildman–Crippen MR) is 64.2 cm³/mol. The molecule has 1 saturated heterocycles. The van der Waals surface area contributed by atoms with Gasteiger partial charge in [0, 0.05) is 36.1 Å². The number of rotatable bonds is 2. The second kappa shape index (κ2) is 4.25. The number of amides is 3. The summed E-state index contributed by atoms with van der Waals surface area (Å²) in [5.41, 5.74) is 7.39. The third-order valence-electron chi connectivity index (χ3n) is 2.59. The summed E-state index contributed by atoms with van der Waals surface area (Å²) in [6.07, 6.45) is 1.43. The molecule has 0 aromatic heterocycles. The van der Waals surface area contributed by atoms with Crippen LogP contribution in [0.1, 0.15) is 12.0 Å². The van der Waals surface area contributed by atoms with Gasteiger partial charge >= 0.3 is 6.03 Å². The molecule has 1 fully saturated rings. The molecule has 0 saturated carbocycles. The van der Waals surface area contributed by atoms with Crippen LogP contribution in [-0.2, 0) is 4.79 Å². The van der Waals surface area contributed by atoms with Crippen LogP contribution >= 0.6 is 0 Å². The minimum absolute atomic E-state index is 0.268. The zero-order chi connectivity index (χ0) is 12.4. The fraction of sp³-hybridized carbons (Fsp3) is 0.182. The number of hydrogen-bond acceptors (Lipinski definition) is 4. The number of carbonyl (C=O) groups excluding carboxylic acids is 2. The van der Waals surface area contributed by atoms with E-state index in [0.717, 1.165) is 6.21 Å². The maximum atomic E-state index is 11.6. The zero-order valence-corrected chi connectivity index (χ0v) is 9.06. The van der Waals surface area contributed by atoms with E-state index < -0.39 is 6.03 Å². The number of urea groups is 1. The lowest BCUT2D eigenvalue weighted by molar-refractivity contribution is -0.120. The van der Waals surface area contributed by atoms with E-state index in [1.165, 1.54) is 4.90 Å². The summed E-state index contributed by atoms with van der Waals surface area (Å²) in [7, 11) is 0. The summed E-state index contributed by atoms with van der Waals surface area (Å²) in [6.45, 7) is 0.341. The summed E-state index contributed by atoms with van der Waals surface area (Å²) in [5.74, 6) is -0.268. The van der Waals surface area contributed by atoms with Crippen molar-refractivity contribution in [3.8, 4) is 0 Å². The average molecular weight is 232 g/mol. The molecule has 6 heteroatoms. The molecule has 0 spiro atoms. The molecular weight excluding hydrogens is 220 g/mol. The average Bonchev–Trinajstić information content (AvgIpc) is 2.29. The molecule has 17 heavy (non-hydrogen) atoms. The Balaban J connectivity index is 2.28. The number of nitrogens with zero attached hydrogens (tertiary/aromatic N) is 1. The van der Waals surface area contributed by atoms with Crippen LogP contribution in [0.15, 0.2) is 18.2 Å². The van der Waals surface area contributed by atoms with Crippen molar-refractivity contribution in [2.24, 2.45) is 0 Å². The number of nitrogens with one attached hydrogen (secondary N) is 2. The Kier molecular flexibility index (Phi) is 2.78. The SMILES string of the molecule is N=Cc1ccc(N2CCC(=O)NC2=O)cc1N. The topological polar surface area (TPSA) is 99.3 Å². The molecule has 6 nitrogen and oxygen atoms in total. The first kappa shape index (κ1) is 11.1. The summed E-state index contributed by atoms with van der Waals surface area (Å²) in [6, 6.07) is 4.55. The molecule has 0 atom stereocenters. The Morgan fingerprint density at radius 1 is 1.41 bits per heavy atom. The van der Waals surface area contributed by atoms with Gasteiger partial charge in [-0.1, -0.05) is 0 Å². The Bertz CT molecular complexity index is 498. The molecule has 1 aliphatic rings. The number of nitrogens with two attached hydrogens (primary N) is 1. The van der Waals surface area contributed by atoms with Crippen LogP contribution in [0.2, 0.25) is 0 Å². The molecule has 0 bridgehead atoms. The van der Waals surface area contributed by atoms with Gasteiger partial charge in [0.15, 0.2) is 0 Å². The van der Waals surface area contributed by atoms with E-state index in [0.29, 0.717) is 23.5 Å². The quantitative estimate of drug-likeness (QED) is 0.517. The number of anilines is 2. The zero-order valence-electron chi connectivity index (χ0n) is 9.06. The number of hydrogen-bond donors (Lipinski definition) is 3. The molecule has 1 heterocycles. The van der Waals surface area contributed by atoms with Crippen molar-refractivity contribution in [1.29, 1.82) is 5.41 Å². The normalized spacial score (nSPS) is 15.6. The lowest BCUT2D eigenvalue weighted by Crippen LogP contribution is -2.49. The molecule has 4 N–H and O–H groups in total. The Hall–Kier alpha value is -2.37. The van der Waals surface area contributed by atoms with E-state index in [1.54, 1.807) is 18.2 Å². The van der Waals surface area contributed by atoms with Gasteiger partial charge in [0.2, 0.25) is 5.91 Å². The van der Waals surface area contributed by atoms with Crippen LogP contribution in [0.4, 0.5) is 16.2 Å². The number of benzene rings is 1. The van der Waals surface area contributed by atoms with Gasteiger partial charge in [-0.3, -0.25) is 15.0 Å². The van der Waals surface area contributed by atoms with Gasteiger partial charge < -0.3 is 11.1 Å². The maximum Gasteiger partial charge on any atom is 0.328 e. The minimum atomic E-state index is -0.441. The second-order valence-corrected chi connectivity index (χ2v) is 3.71. The molecule has 1 aliphatic heterocycles. The largest absolute Gasteiger partial charge is 0.398 e.